The molecule has 1 nitrogen and oxygen atoms in total. The van der Waals surface area contributed by atoms with Gasteiger partial charge in [-0.25, -0.2) is 4.39 Å². The molecule has 1 atom stereocenters. The molecule has 1 aromatic rings. The quantitative estimate of drug-likeness (QED) is 0.825. The lowest BCUT2D eigenvalue weighted by Crippen LogP contribution is -2.23. The van der Waals surface area contributed by atoms with E-state index in [1.165, 1.54) is 6.07 Å². The van der Waals surface area contributed by atoms with E-state index >= 15 is 0 Å². The summed E-state index contributed by atoms with van der Waals surface area (Å²) in [5.41, 5.74) is 1.85. The number of hydrogen-bond donors (Lipinski definition) is 1. The molecule has 1 aromatic carbocycles. The van der Waals surface area contributed by atoms with Crippen LogP contribution in [0.4, 0.5) is 4.39 Å². The molecular weight excluding hydrogens is 203 g/mol. The van der Waals surface area contributed by atoms with E-state index in [1.807, 2.05) is 40.7 Å². The van der Waals surface area contributed by atoms with Gasteiger partial charge in [-0.2, -0.15) is 0 Å². The molecule has 0 saturated heterocycles. The minimum atomic E-state index is -0.752. The Morgan fingerprint density at radius 1 is 1.31 bits per heavy atom. The molecule has 0 bridgehead atoms. The second-order valence-electron chi connectivity index (χ2n) is 5.22. The lowest BCUT2D eigenvalue weighted by Gasteiger charge is -2.31. The average Bonchev–Trinajstić information content (AvgIpc) is 2.15. The van der Waals surface area contributed by atoms with Crippen LogP contribution in [0.1, 0.15) is 50.0 Å². The van der Waals surface area contributed by atoms with Crippen LogP contribution in [0.2, 0.25) is 0 Å². The van der Waals surface area contributed by atoms with E-state index in [0.29, 0.717) is 5.56 Å². The van der Waals surface area contributed by atoms with Crippen LogP contribution in [0.3, 0.4) is 0 Å². The number of halogens is 1. The van der Waals surface area contributed by atoms with Crippen molar-refractivity contribution in [2.75, 3.05) is 0 Å². The minimum Gasteiger partial charge on any atom is -0.388 e. The number of hydrogen-bond acceptors (Lipinski definition) is 1. The van der Waals surface area contributed by atoms with Gasteiger partial charge in [0, 0.05) is 5.56 Å². The summed E-state index contributed by atoms with van der Waals surface area (Å²) in [6.07, 6.45) is 0.0547. The normalized spacial score (nSPS) is 13.9. The zero-order valence-corrected chi connectivity index (χ0v) is 10.8. The Hall–Kier alpha value is -0.890. The highest BCUT2D eigenvalue weighted by atomic mass is 19.1. The molecule has 0 aromatic heterocycles. The molecule has 0 aliphatic carbocycles. The Labute approximate surface area is 97.3 Å². The SMILES string of the molecule is CCC(C)(C)C(O)c1c(C)cc(C)cc1F. The molecule has 0 aliphatic rings. The molecule has 0 aliphatic heterocycles. The topological polar surface area (TPSA) is 20.2 Å². The van der Waals surface area contributed by atoms with Crippen molar-refractivity contribution in [1.29, 1.82) is 0 Å². The van der Waals surface area contributed by atoms with Gasteiger partial charge in [-0.1, -0.05) is 26.8 Å². The van der Waals surface area contributed by atoms with Crippen molar-refractivity contribution in [3.63, 3.8) is 0 Å². The lowest BCUT2D eigenvalue weighted by atomic mass is 9.79. The van der Waals surface area contributed by atoms with Gasteiger partial charge in [-0.05, 0) is 42.9 Å². The van der Waals surface area contributed by atoms with Crippen molar-refractivity contribution in [2.45, 2.75) is 47.1 Å². The van der Waals surface area contributed by atoms with E-state index < -0.39 is 6.10 Å². The van der Waals surface area contributed by atoms with Gasteiger partial charge in [-0.15, -0.1) is 0 Å². The summed E-state index contributed by atoms with van der Waals surface area (Å²) >= 11 is 0. The second-order valence-corrected chi connectivity index (χ2v) is 5.22. The molecule has 0 radical (unpaired) electrons. The van der Waals surface area contributed by atoms with E-state index in [-0.39, 0.29) is 11.2 Å². The van der Waals surface area contributed by atoms with Gasteiger partial charge in [0.05, 0.1) is 6.10 Å². The summed E-state index contributed by atoms with van der Waals surface area (Å²) in [4.78, 5) is 0. The summed E-state index contributed by atoms with van der Waals surface area (Å²) in [6.45, 7) is 9.62. The summed E-state index contributed by atoms with van der Waals surface area (Å²) in [7, 11) is 0. The van der Waals surface area contributed by atoms with Crippen LogP contribution >= 0.6 is 0 Å². The van der Waals surface area contributed by atoms with Crippen LogP contribution in [0, 0.1) is 25.1 Å². The predicted octanol–water partition coefficient (Wildman–Crippen LogP) is 3.91. The Bertz CT molecular complexity index is 359. The van der Waals surface area contributed by atoms with Crippen LogP contribution in [0.5, 0.6) is 0 Å². The van der Waals surface area contributed by atoms with Crippen molar-refractivity contribution in [1.82, 2.24) is 0 Å². The number of aliphatic hydroxyl groups is 1. The highest BCUT2D eigenvalue weighted by molar-refractivity contribution is 5.34. The molecule has 2 heteroatoms. The van der Waals surface area contributed by atoms with E-state index in [0.717, 1.165) is 17.5 Å². The molecule has 0 saturated carbocycles. The Balaban J connectivity index is 3.24. The lowest BCUT2D eigenvalue weighted by molar-refractivity contribution is 0.0430. The van der Waals surface area contributed by atoms with E-state index in [2.05, 4.69) is 0 Å². The number of rotatable bonds is 3. The summed E-state index contributed by atoms with van der Waals surface area (Å²) < 4.78 is 13.9. The molecule has 90 valence electrons. The van der Waals surface area contributed by atoms with Gasteiger partial charge in [0.2, 0.25) is 0 Å². The Morgan fingerprint density at radius 2 is 1.88 bits per heavy atom. The van der Waals surface area contributed by atoms with Crippen LogP contribution in [-0.2, 0) is 0 Å². The molecule has 0 spiro atoms. The third-order valence-electron chi connectivity index (χ3n) is 3.41. The zero-order valence-electron chi connectivity index (χ0n) is 10.8. The number of aliphatic hydroxyl groups excluding tert-OH is 1. The fourth-order valence-electron chi connectivity index (χ4n) is 1.86. The Morgan fingerprint density at radius 3 is 2.31 bits per heavy atom. The monoisotopic (exact) mass is 224 g/mol. The van der Waals surface area contributed by atoms with E-state index in [4.69, 9.17) is 0 Å². The van der Waals surface area contributed by atoms with Gasteiger partial charge in [0.25, 0.3) is 0 Å². The van der Waals surface area contributed by atoms with Crippen molar-refractivity contribution in [3.05, 3.63) is 34.6 Å². The molecule has 1 rings (SSSR count). The van der Waals surface area contributed by atoms with Crippen molar-refractivity contribution in [2.24, 2.45) is 5.41 Å². The maximum Gasteiger partial charge on any atom is 0.129 e. The van der Waals surface area contributed by atoms with Crippen LogP contribution < -0.4 is 0 Å². The highest BCUT2D eigenvalue weighted by Gasteiger charge is 2.30. The molecule has 1 unspecified atom stereocenters. The first-order valence-electron chi connectivity index (χ1n) is 5.74. The van der Waals surface area contributed by atoms with Crippen molar-refractivity contribution in [3.8, 4) is 0 Å². The van der Waals surface area contributed by atoms with Crippen LogP contribution in [0.25, 0.3) is 0 Å². The molecule has 0 fully saturated rings. The zero-order chi connectivity index (χ0) is 12.5. The smallest absolute Gasteiger partial charge is 0.129 e. The number of aryl methyl sites for hydroxylation is 2. The molecule has 0 heterocycles. The molecule has 0 amide bonds. The maximum atomic E-state index is 13.9. The van der Waals surface area contributed by atoms with Gasteiger partial charge < -0.3 is 5.11 Å². The van der Waals surface area contributed by atoms with Gasteiger partial charge >= 0.3 is 0 Å². The first kappa shape index (κ1) is 13.2. The fourth-order valence-corrected chi connectivity index (χ4v) is 1.86. The second kappa shape index (κ2) is 4.54. The largest absolute Gasteiger partial charge is 0.388 e. The van der Waals surface area contributed by atoms with Gasteiger partial charge in [-0.3, -0.25) is 0 Å². The standard InChI is InChI=1S/C14H21FO/c1-6-14(4,5)13(16)12-10(3)7-9(2)8-11(12)15/h7-8,13,16H,6H2,1-5H3. The van der Waals surface area contributed by atoms with E-state index in [1.54, 1.807) is 0 Å². The van der Waals surface area contributed by atoms with Crippen LogP contribution in [-0.4, -0.2) is 5.11 Å². The Kier molecular flexibility index (Phi) is 3.74. The fraction of sp³-hybridized carbons (Fsp3) is 0.571. The van der Waals surface area contributed by atoms with Crippen LogP contribution in [0.15, 0.2) is 12.1 Å². The third-order valence-corrected chi connectivity index (χ3v) is 3.41. The van der Waals surface area contributed by atoms with Gasteiger partial charge in [0.1, 0.15) is 5.82 Å². The molecule has 1 N–H and O–H groups in total. The highest BCUT2D eigenvalue weighted by Crippen LogP contribution is 2.38. The van der Waals surface area contributed by atoms with Gasteiger partial charge in [0.15, 0.2) is 0 Å². The maximum absolute atomic E-state index is 13.9. The molecule has 16 heavy (non-hydrogen) atoms. The average molecular weight is 224 g/mol. The van der Waals surface area contributed by atoms with Crippen molar-refractivity contribution < 1.29 is 9.50 Å². The molecular formula is C14H21FO. The van der Waals surface area contributed by atoms with Crippen molar-refractivity contribution >= 4 is 0 Å². The summed E-state index contributed by atoms with van der Waals surface area (Å²) in [5.74, 6) is -0.300. The first-order chi connectivity index (χ1) is 7.29. The minimum absolute atomic E-state index is 0.300. The summed E-state index contributed by atoms with van der Waals surface area (Å²) in [6, 6.07) is 3.39. The predicted molar refractivity (Wildman–Crippen MR) is 64.9 cm³/mol. The third kappa shape index (κ3) is 2.43. The number of benzene rings is 1. The summed E-state index contributed by atoms with van der Waals surface area (Å²) in [5, 5.41) is 10.3. The first-order valence-corrected chi connectivity index (χ1v) is 5.74. The van der Waals surface area contributed by atoms with E-state index in [9.17, 15) is 9.50 Å².